The summed E-state index contributed by atoms with van der Waals surface area (Å²) in [5, 5.41) is 0. The van der Waals surface area contributed by atoms with Crippen LogP contribution in [0.2, 0.25) is 0 Å². The van der Waals surface area contributed by atoms with Crippen molar-refractivity contribution in [1.29, 1.82) is 0 Å². The molecular weight excluding hydrogens is 304 g/mol. The van der Waals surface area contributed by atoms with Crippen LogP contribution in [-0.2, 0) is 13.1 Å². The monoisotopic (exact) mass is 326 g/mol. The van der Waals surface area contributed by atoms with Crippen molar-refractivity contribution in [2.24, 2.45) is 0 Å². The molecule has 1 aliphatic heterocycles. The topological polar surface area (TPSA) is 6.48 Å². The average molecular weight is 326 g/mol. The first-order valence-corrected chi connectivity index (χ1v) is 8.68. The van der Waals surface area contributed by atoms with E-state index in [2.05, 4.69) is 95.2 Å². The van der Waals surface area contributed by atoms with Crippen LogP contribution in [0.5, 0.6) is 0 Å². The molecule has 0 amide bonds. The third-order valence-corrected chi connectivity index (χ3v) is 4.71. The van der Waals surface area contributed by atoms with E-state index < -0.39 is 0 Å². The van der Waals surface area contributed by atoms with Gasteiger partial charge < -0.3 is 9.80 Å². The maximum atomic E-state index is 3.83. The largest absolute Gasteiger partial charge is 0.348 e. The number of hydrogen-bond donors (Lipinski definition) is 0. The Bertz CT molecular complexity index is 853. The summed E-state index contributed by atoms with van der Waals surface area (Å²) in [6, 6.07) is 28.0. The smallest absolute Gasteiger partial charge is 0.0911 e. The van der Waals surface area contributed by atoms with E-state index in [1.54, 1.807) is 0 Å². The Morgan fingerprint density at radius 1 is 0.680 bits per heavy atom. The molecule has 4 rings (SSSR count). The number of hydrogen-bond acceptors (Lipinski definition) is 2. The highest BCUT2D eigenvalue weighted by molar-refractivity contribution is 5.76. The van der Waals surface area contributed by atoms with Crippen molar-refractivity contribution < 1.29 is 0 Å². The van der Waals surface area contributed by atoms with Gasteiger partial charge in [0.2, 0.25) is 0 Å². The molecule has 1 heterocycles. The molecule has 0 aromatic heterocycles. The zero-order chi connectivity index (χ0) is 17.1. The molecular formula is C23H22N2. The van der Waals surface area contributed by atoms with Crippen LogP contribution in [-0.4, -0.2) is 6.67 Å². The highest BCUT2D eigenvalue weighted by atomic mass is 15.4. The van der Waals surface area contributed by atoms with E-state index in [9.17, 15) is 0 Å². The second-order valence-corrected chi connectivity index (χ2v) is 6.46. The van der Waals surface area contributed by atoms with Crippen molar-refractivity contribution in [2.75, 3.05) is 16.5 Å². The van der Waals surface area contributed by atoms with Gasteiger partial charge in [0.25, 0.3) is 0 Å². The Hall–Kier alpha value is -3.00. The van der Waals surface area contributed by atoms with E-state index in [0.29, 0.717) is 0 Å². The normalized spacial score (nSPS) is 13.0. The van der Waals surface area contributed by atoms with Gasteiger partial charge >= 0.3 is 0 Å². The molecule has 0 saturated carbocycles. The summed E-state index contributed by atoms with van der Waals surface area (Å²) in [6.07, 6.45) is 1.89. The molecule has 0 radical (unpaired) electrons. The number of rotatable bonds is 5. The molecule has 0 saturated heterocycles. The molecule has 0 bridgehead atoms. The van der Waals surface area contributed by atoms with Crippen molar-refractivity contribution in [2.45, 2.75) is 13.1 Å². The lowest BCUT2D eigenvalue weighted by atomic mass is 10.1. The van der Waals surface area contributed by atoms with Crippen LogP contribution in [0.4, 0.5) is 11.4 Å². The second-order valence-electron chi connectivity index (χ2n) is 6.46. The summed E-state index contributed by atoms with van der Waals surface area (Å²) in [5.74, 6) is 0. The van der Waals surface area contributed by atoms with Crippen molar-refractivity contribution >= 4 is 17.5 Å². The standard InChI is InChI=1S/C23H22N2/c1-2-19-12-14-21(15-13-19)17-25-18-24(16-20-8-4-3-5-9-20)22-10-6-7-11-23(22)25/h2-15H,1,16-18H2. The van der Waals surface area contributed by atoms with Crippen LogP contribution < -0.4 is 9.80 Å². The molecule has 0 spiro atoms. The summed E-state index contributed by atoms with van der Waals surface area (Å²) in [6.45, 7) is 6.59. The van der Waals surface area contributed by atoms with Gasteiger partial charge in [-0.3, -0.25) is 0 Å². The Labute approximate surface area is 149 Å². The molecule has 1 aliphatic rings. The van der Waals surface area contributed by atoms with Crippen molar-refractivity contribution in [3.05, 3.63) is 102 Å². The van der Waals surface area contributed by atoms with Crippen molar-refractivity contribution in [1.82, 2.24) is 0 Å². The van der Waals surface area contributed by atoms with Crippen molar-refractivity contribution in [3.8, 4) is 0 Å². The summed E-state index contributed by atoms with van der Waals surface area (Å²) in [4.78, 5) is 4.89. The molecule has 2 nitrogen and oxygen atoms in total. The van der Waals surface area contributed by atoms with Crippen LogP contribution in [0.15, 0.2) is 85.4 Å². The minimum absolute atomic E-state index is 0.914. The first-order chi connectivity index (χ1) is 12.3. The molecule has 0 atom stereocenters. The third kappa shape index (κ3) is 3.29. The molecule has 2 heteroatoms. The fourth-order valence-electron chi connectivity index (χ4n) is 3.41. The minimum Gasteiger partial charge on any atom is -0.348 e. The maximum Gasteiger partial charge on any atom is 0.0911 e. The molecule has 25 heavy (non-hydrogen) atoms. The van der Waals surface area contributed by atoms with Gasteiger partial charge in [0.15, 0.2) is 0 Å². The zero-order valence-electron chi connectivity index (χ0n) is 14.3. The molecule has 3 aromatic rings. The predicted octanol–water partition coefficient (Wildman–Crippen LogP) is 5.31. The lowest BCUT2D eigenvalue weighted by Gasteiger charge is -2.22. The number of para-hydroxylation sites is 2. The summed E-state index contributed by atoms with van der Waals surface area (Å²) < 4.78 is 0. The molecule has 0 fully saturated rings. The van der Waals surface area contributed by atoms with E-state index in [4.69, 9.17) is 0 Å². The Balaban J connectivity index is 1.56. The Morgan fingerprint density at radius 3 is 1.76 bits per heavy atom. The minimum atomic E-state index is 0.914. The molecule has 124 valence electrons. The second kappa shape index (κ2) is 6.86. The Kier molecular flexibility index (Phi) is 4.26. The lowest BCUT2D eigenvalue weighted by Crippen LogP contribution is -2.30. The average Bonchev–Trinajstić information content (AvgIpc) is 3.01. The van der Waals surface area contributed by atoms with Gasteiger partial charge in [-0.25, -0.2) is 0 Å². The number of benzene rings is 3. The van der Waals surface area contributed by atoms with Gasteiger partial charge in [0.1, 0.15) is 0 Å². The predicted molar refractivity (Wildman–Crippen MR) is 107 cm³/mol. The first-order valence-electron chi connectivity index (χ1n) is 8.68. The van der Waals surface area contributed by atoms with E-state index in [-0.39, 0.29) is 0 Å². The van der Waals surface area contributed by atoms with Crippen LogP contribution in [0.1, 0.15) is 16.7 Å². The van der Waals surface area contributed by atoms with Crippen molar-refractivity contribution in [3.63, 3.8) is 0 Å². The van der Waals surface area contributed by atoms with Gasteiger partial charge in [0.05, 0.1) is 18.0 Å². The molecule has 0 N–H and O–H groups in total. The third-order valence-electron chi connectivity index (χ3n) is 4.71. The Morgan fingerprint density at radius 2 is 1.20 bits per heavy atom. The number of fused-ring (bicyclic) bond motifs is 1. The lowest BCUT2D eigenvalue weighted by molar-refractivity contribution is 0.763. The van der Waals surface area contributed by atoms with E-state index in [1.165, 1.54) is 22.5 Å². The fraction of sp³-hybridized carbons (Fsp3) is 0.130. The van der Waals surface area contributed by atoms with E-state index in [0.717, 1.165) is 25.3 Å². The number of anilines is 2. The summed E-state index contributed by atoms with van der Waals surface area (Å²) >= 11 is 0. The van der Waals surface area contributed by atoms with Crippen LogP contribution >= 0.6 is 0 Å². The van der Waals surface area contributed by atoms with Gasteiger partial charge in [-0.15, -0.1) is 0 Å². The van der Waals surface area contributed by atoms with Gasteiger partial charge in [-0.1, -0.05) is 79.4 Å². The summed E-state index contributed by atoms with van der Waals surface area (Å²) in [5.41, 5.74) is 6.45. The summed E-state index contributed by atoms with van der Waals surface area (Å²) in [7, 11) is 0. The van der Waals surface area contributed by atoms with Gasteiger partial charge in [-0.2, -0.15) is 0 Å². The van der Waals surface area contributed by atoms with E-state index in [1.807, 2.05) is 6.08 Å². The van der Waals surface area contributed by atoms with Crippen LogP contribution in [0.25, 0.3) is 6.08 Å². The molecule has 3 aromatic carbocycles. The quantitative estimate of drug-likeness (QED) is 0.626. The van der Waals surface area contributed by atoms with Gasteiger partial charge in [-0.05, 0) is 28.8 Å². The van der Waals surface area contributed by atoms with Gasteiger partial charge in [0, 0.05) is 13.1 Å². The molecule has 0 aliphatic carbocycles. The van der Waals surface area contributed by atoms with E-state index >= 15 is 0 Å². The van der Waals surface area contributed by atoms with Crippen LogP contribution in [0, 0.1) is 0 Å². The zero-order valence-corrected chi connectivity index (χ0v) is 14.3. The maximum absolute atomic E-state index is 3.83. The first kappa shape index (κ1) is 15.5. The fourth-order valence-corrected chi connectivity index (χ4v) is 3.41. The molecule has 0 unspecified atom stereocenters. The number of nitrogens with zero attached hydrogens (tertiary/aromatic N) is 2. The SMILES string of the molecule is C=Cc1ccc(CN2CN(Cc3ccccc3)c3ccccc32)cc1. The van der Waals surface area contributed by atoms with Crippen LogP contribution in [0.3, 0.4) is 0 Å². The highest BCUT2D eigenvalue weighted by Crippen LogP contribution is 2.37. The highest BCUT2D eigenvalue weighted by Gasteiger charge is 2.25.